The minimum Gasteiger partial charge on any atom is -0.474 e. The van der Waals surface area contributed by atoms with Crippen molar-refractivity contribution in [3.63, 3.8) is 0 Å². The normalized spacial score (nSPS) is 13.2. The van der Waals surface area contributed by atoms with Crippen molar-refractivity contribution in [2.45, 2.75) is 26.9 Å². The Balaban J connectivity index is 2.39. The molecule has 0 aliphatic heterocycles. The number of hydrogen-bond donors (Lipinski definition) is 2. The van der Waals surface area contributed by atoms with Crippen molar-refractivity contribution in [3.8, 4) is 5.88 Å². The molecule has 0 aliphatic rings. The van der Waals surface area contributed by atoms with Crippen LogP contribution in [0, 0.1) is 5.92 Å². The minimum atomic E-state index is 0.0624. The van der Waals surface area contributed by atoms with Gasteiger partial charge in [0.2, 0.25) is 11.8 Å². The largest absolute Gasteiger partial charge is 0.474 e. The van der Waals surface area contributed by atoms with Gasteiger partial charge in [-0.15, -0.1) is 0 Å². The van der Waals surface area contributed by atoms with Gasteiger partial charge in [-0.1, -0.05) is 13.8 Å². The number of ether oxygens (including phenoxy) is 1. The molecule has 0 aliphatic carbocycles. The number of H-pyrrole nitrogens is 1. The second-order valence-corrected chi connectivity index (χ2v) is 4.09. The lowest BCUT2D eigenvalue weighted by atomic mass is 10.1. The fourth-order valence-corrected chi connectivity index (χ4v) is 1.23. The van der Waals surface area contributed by atoms with Gasteiger partial charge >= 0.3 is 0 Å². The number of nitrogens with zero attached hydrogens (tertiary/aromatic N) is 3. The highest BCUT2D eigenvalue weighted by Gasteiger charge is 2.14. The molecule has 16 heavy (non-hydrogen) atoms. The van der Waals surface area contributed by atoms with Crippen molar-refractivity contribution in [2.75, 3.05) is 5.73 Å². The first-order valence-electron chi connectivity index (χ1n) is 5.21. The van der Waals surface area contributed by atoms with Crippen LogP contribution in [0.25, 0.3) is 11.0 Å². The third kappa shape index (κ3) is 1.91. The Kier molecular flexibility index (Phi) is 2.64. The zero-order valence-electron chi connectivity index (χ0n) is 9.56. The first kappa shape index (κ1) is 10.7. The predicted octanol–water partition coefficient (Wildman–Crippen LogP) is 1.36. The number of nitrogen functional groups attached to an aromatic ring is 1. The summed E-state index contributed by atoms with van der Waals surface area (Å²) in [5, 5.41) is 7.39. The maximum absolute atomic E-state index is 5.74. The molecule has 0 spiro atoms. The van der Waals surface area contributed by atoms with Crippen LogP contribution in [0.3, 0.4) is 0 Å². The second kappa shape index (κ2) is 3.96. The molecule has 2 aromatic rings. The molecule has 3 N–H and O–H groups in total. The van der Waals surface area contributed by atoms with Gasteiger partial charge in [-0.05, 0) is 12.8 Å². The molecule has 1 unspecified atom stereocenters. The molecule has 0 aromatic carbocycles. The van der Waals surface area contributed by atoms with E-state index in [2.05, 4.69) is 34.0 Å². The Bertz CT molecular complexity index is 493. The smallest absolute Gasteiger partial charge is 0.229 e. The second-order valence-electron chi connectivity index (χ2n) is 4.09. The molecule has 0 saturated carbocycles. The number of anilines is 1. The van der Waals surface area contributed by atoms with E-state index in [-0.39, 0.29) is 12.1 Å². The van der Waals surface area contributed by atoms with Gasteiger partial charge in [-0.3, -0.25) is 5.10 Å². The van der Waals surface area contributed by atoms with Gasteiger partial charge in [0.25, 0.3) is 0 Å². The summed E-state index contributed by atoms with van der Waals surface area (Å²) in [4.78, 5) is 8.10. The summed E-state index contributed by atoms with van der Waals surface area (Å²) in [6.45, 7) is 6.17. The van der Waals surface area contributed by atoms with Crippen LogP contribution < -0.4 is 10.5 Å². The van der Waals surface area contributed by atoms with Crippen LogP contribution in [0.4, 0.5) is 5.95 Å². The Hall–Kier alpha value is -1.85. The third-order valence-corrected chi connectivity index (χ3v) is 2.53. The van der Waals surface area contributed by atoms with Crippen LogP contribution in [0.5, 0.6) is 5.88 Å². The van der Waals surface area contributed by atoms with Crippen molar-refractivity contribution in [1.29, 1.82) is 0 Å². The molecule has 86 valence electrons. The predicted molar refractivity (Wildman–Crippen MR) is 61.0 cm³/mol. The average molecular weight is 221 g/mol. The van der Waals surface area contributed by atoms with Gasteiger partial charge in [0.1, 0.15) is 5.39 Å². The maximum Gasteiger partial charge on any atom is 0.229 e. The molecule has 0 radical (unpaired) electrons. The van der Waals surface area contributed by atoms with Crippen molar-refractivity contribution in [2.24, 2.45) is 5.92 Å². The molecule has 1 atom stereocenters. The first-order chi connectivity index (χ1) is 7.58. The molecule has 0 saturated heterocycles. The van der Waals surface area contributed by atoms with Gasteiger partial charge < -0.3 is 10.5 Å². The van der Waals surface area contributed by atoms with E-state index < -0.39 is 0 Å². The molecule has 0 bridgehead atoms. The summed E-state index contributed by atoms with van der Waals surface area (Å²) >= 11 is 0. The van der Waals surface area contributed by atoms with Gasteiger partial charge in [0, 0.05) is 0 Å². The summed E-state index contributed by atoms with van der Waals surface area (Å²) in [6.07, 6.45) is 1.70. The van der Waals surface area contributed by atoms with E-state index in [9.17, 15) is 0 Å². The SMILES string of the molecule is CC(C)C(C)Oc1nc(N)nc2[nH]ncc12. The van der Waals surface area contributed by atoms with Gasteiger partial charge in [-0.25, -0.2) is 0 Å². The van der Waals surface area contributed by atoms with E-state index in [1.807, 2.05) is 6.92 Å². The van der Waals surface area contributed by atoms with Crippen LogP contribution in [0.2, 0.25) is 0 Å². The summed E-state index contributed by atoms with van der Waals surface area (Å²) < 4.78 is 5.74. The monoisotopic (exact) mass is 221 g/mol. The minimum absolute atomic E-state index is 0.0624. The van der Waals surface area contributed by atoms with E-state index in [4.69, 9.17) is 10.5 Å². The topological polar surface area (TPSA) is 89.7 Å². The highest BCUT2D eigenvalue weighted by Crippen LogP contribution is 2.23. The number of nitrogens with two attached hydrogens (primary N) is 1. The summed E-state index contributed by atoms with van der Waals surface area (Å²) in [5.74, 6) is 1.07. The number of aromatic amines is 1. The number of aromatic nitrogens is 4. The van der Waals surface area contributed by atoms with E-state index in [1.165, 1.54) is 0 Å². The molecule has 0 amide bonds. The van der Waals surface area contributed by atoms with E-state index in [0.29, 0.717) is 17.4 Å². The summed E-state index contributed by atoms with van der Waals surface area (Å²) in [6, 6.07) is 0. The van der Waals surface area contributed by atoms with Crippen molar-refractivity contribution < 1.29 is 4.74 Å². The maximum atomic E-state index is 5.74. The van der Waals surface area contributed by atoms with Crippen LogP contribution in [0.1, 0.15) is 20.8 Å². The molecular weight excluding hydrogens is 206 g/mol. The Morgan fingerprint density at radius 1 is 1.31 bits per heavy atom. The van der Waals surface area contributed by atoms with Crippen molar-refractivity contribution in [1.82, 2.24) is 20.2 Å². The molecule has 2 heterocycles. The first-order valence-corrected chi connectivity index (χ1v) is 5.21. The number of rotatable bonds is 3. The fourth-order valence-electron chi connectivity index (χ4n) is 1.23. The standard InChI is InChI=1S/C10H15N5O/c1-5(2)6(3)16-9-7-4-12-15-8(7)13-10(11)14-9/h4-6H,1-3H3,(H3,11,12,13,14,15). The van der Waals surface area contributed by atoms with Crippen LogP contribution >= 0.6 is 0 Å². The van der Waals surface area contributed by atoms with E-state index in [1.54, 1.807) is 6.20 Å². The molecule has 6 nitrogen and oxygen atoms in total. The Labute approximate surface area is 93.2 Å². The van der Waals surface area contributed by atoms with Gasteiger partial charge in [0.15, 0.2) is 5.65 Å². The summed E-state index contributed by atoms with van der Waals surface area (Å²) in [7, 11) is 0. The van der Waals surface area contributed by atoms with Gasteiger partial charge in [0.05, 0.1) is 12.3 Å². The zero-order chi connectivity index (χ0) is 11.7. The molecular formula is C10H15N5O. The lowest BCUT2D eigenvalue weighted by molar-refractivity contribution is 0.166. The number of fused-ring (bicyclic) bond motifs is 1. The molecule has 2 aromatic heterocycles. The molecule has 0 fully saturated rings. The van der Waals surface area contributed by atoms with E-state index >= 15 is 0 Å². The highest BCUT2D eigenvalue weighted by atomic mass is 16.5. The Morgan fingerprint density at radius 3 is 2.75 bits per heavy atom. The van der Waals surface area contributed by atoms with Crippen molar-refractivity contribution in [3.05, 3.63) is 6.20 Å². The van der Waals surface area contributed by atoms with Crippen molar-refractivity contribution >= 4 is 17.0 Å². The highest BCUT2D eigenvalue weighted by molar-refractivity contribution is 5.80. The average Bonchev–Trinajstić information content (AvgIpc) is 2.65. The lowest BCUT2D eigenvalue weighted by Crippen LogP contribution is -2.19. The summed E-state index contributed by atoms with van der Waals surface area (Å²) in [5.41, 5.74) is 6.18. The quantitative estimate of drug-likeness (QED) is 0.816. The van der Waals surface area contributed by atoms with Crippen LogP contribution in [0.15, 0.2) is 6.20 Å². The van der Waals surface area contributed by atoms with Crippen LogP contribution in [-0.2, 0) is 0 Å². The van der Waals surface area contributed by atoms with Gasteiger partial charge in [-0.2, -0.15) is 15.1 Å². The Morgan fingerprint density at radius 2 is 2.06 bits per heavy atom. The molecule has 2 rings (SSSR count). The van der Waals surface area contributed by atoms with Crippen LogP contribution in [-0.4, -0.2) is 26.3 Å². The zero-order valence-corrected chi connectivity index (χ0v) is 9.56. The lowest BCUT2D eigenvalue weighted by Gasteiger charge is -2.17. The number of hydrogen-bond acceptors (Lipinski definition) is 5. The fraction of sp³-hybridized carbons (Fsp3) is 0.500. The molecule has 6 heteroatoms. The number of nitrogens with one attached hydrogen (secondary N) is 1. The van der Waals surface area contributed by atoms with E-state index in [0.717, 1.165) is 5.39 Å². The third-order valence-electron chi connectivity index (χ3n) is 2.53.